The van der Waals surface area contributed by atoms with Crippen LogP contribution in [0.15, 0.2) is 91.1 Å². The van der Waals surface area contributed by atoms with Crippen molar-refractivity contribution >= 4 is 17.0 Å². The molecule has 2 aromatic carbocycles. The molecule has 0 unspecified atom stereocenters. The van der Waals surface area contributed by atoms with Gasteiger partial charge in [0.1, 0.15) is 12.1 Å². The smallest absolute Gasteiger partial charge is 0.220 e. The molecule has 0 aliphatic heterocycles. The maximum absolute atomic E-state index is 5.94. The van der Waals surface area contributed by atoms with Crippen LogP contribution in [0.2, 0.25) is 0 Å². The minimum atomic E-state index is 0.250. The number of benzene rings is 2. The van der Waals surface area contributed by atoms with Gasteiger partial charge in [0, 0.05) is 24.2 Å². The molecule has 0 spiro atoms. The number of hydrogen-bond acceptors (Lipinski definition) is 6. The first-order valence-corrected chi connectivity index (χ1v) is 10.3. The number of ether oxygens (including phenoxy) is 1. The van der Waals surface area contributed by atoms with Crippen molar-refractivity contribution < 1.29 is 4.74 Å². The Morgan fingerprint density at radius 3 is 2.19 bits per heavy atom. The van der Waals surface area contributed by atoms with Crippen LogP contribution < -0.4 is 10.5 Å². The average Bonchev–Trinajstić information content (AvgIpc) is 2.84. The second-order valence-electron chi connectivity index (χ2n) is 7.41. The van der Waals surface area contributed by atoms with Crippen molar-refractivity contribution in [2.24, 2.45) is 0 Å². The van der Waals surface area contributed by atoms with Gasteiger partial charge in [-0.25, -0.2) is 19.9 Å². The van der Waals surface area contributed by atoms with Crippen molar-refractivity contribution in [2.45, 2.75) is 13.0 Å². The number of pyridine rings is 2. The van der Waals surface area contributed by atoms with Gasteiger partial charge in [0.05, 0.1) is 16.9 Å². The predicted molar refractivity (Wildman–Crippen MR) is 125 cm³/mol. The van der Waals surface area contributed by atoms with E-state index in [0.29, 0.717) is 18.9 Å². The third kappa shape index (κ3) is 4.39. The molecule has 156 valence electrons. The minimum Gasteiger partial charge on any atom is -0.473 e. The molecule has 6 nitrogen and oxygen atoms in total. The predicted octanol–water partition coefficient (Wildman–Crippen LogP) is 4.84. The Morgan fingerprint density at radius 2 is 1.47 bits per heavy atom. The SMILES string of the molecule is Nc1nc(Cc2ccccc2)c2nc(-c3ccc(OCc4ccccc4)nc3)ccc2n1. The number of hydrogen-bond donors (Lipinski definition) is 1. The Hall–Kier alpha value is -4.32. The van der Waals surface area contributed by atoms with Crippen LogP contribution in [0.25, 0.3) is 22.3 Å². The van der Waals surface area contributed by atoms with E-state index in [1.165, 1.54) is 0 Å². The van der Waals surface area contributed by atoms with Crippen LogP contribution in [0.4, 0.5) is 5.95 Å². The van der Waals surface area contributed by atoms with Crippen LogP contribution in [0, 0.1) is 0 Å². The highest BCUT2D eigenvalue weighted by molar-refractivity contribution is 5.81. The topological polar surface area (TPSA) is 86.8 Å². The third-order valence-electron chi connectivity index (χ3n) is 5.11. The summed E-state index contributed by atoms with van der Waals surface area (Å²) in [5.41, 5.74) is 12.1. The summed E-state index contributed by atoms with van der Waals surface area (Å²) in [5, 5.41) is 0. The number of nitrogens with zero attached hydrogens (tertiary/aromatic N) is 4. The van der Waals surface area contributed by atoms with E-state index in [0.717, 1.165) is 39.1 Å². The molecule has 0 atom stereocenters. The summed E-state index contributed by atoms with van der Waals surface area (Å²) < 4.78 is 5.79. The highest BCUT2D eigenvalue weighted by Gasteiger charge is 2.11. The molecule has 5 aromatic rings. The summed E-state index contributed by atoms with van der Waals surface area (Å²) in [6, 6.07) is 27.8. The van der Waals surface area contributed by atoms with E-state index in [9.17, 15) is 0 Å². The number of nitrogen functional groups attached to an aromatic ring is 1. The molecular formula is C26H21N5O. The van der Waals surface area contributed by atoms with Crippen molar-refractivity contribution in [3.8, 4) is 17.1 Å². The van der Waals surface area contributed by atoms with Gasteiger partial charge in [-0.1, -0.05) is 60.7 Å². The van der Waals surface area contributed by atoms with Gasteiger partial charge >= 0.3 is 0 Å². The van der Waals surface area contributed by atoms with Crippen LogP contribution in [-0.2, 0) is 13.0 Å². The summed E-state index contributed by atoms with van der Waals surface area (Å²) in [6.07, 6.45) is 2.40. The maximum atomic E-state index is 5.94. The summed E-state index contributed by atoms with van der Waals surface area (Å²) in [4.78, 5) is 18.1. The van der Waals surface area contributed by atoms with E-state index >= 15 is 0 Å². The summed E-state index contributed by atoms with van der Waals surface area (Å²) in [6.45, 7) is 0.475. The first-order chi connectivity index (χ1) is 15.7. The van der Waals surface area contributed by atoms with Crippen LogP contribution in [0.5, 0.6) is 5.88 Å². The Bertz CT molecular complexity index is 1340. The van der Waals surface area contributed by atoms with Crippen molar-refractivity contribution in [2.75, 3.05) is 5.73 Å². The first kappa shape index (κ1) is 19.6. The second kappa shape index (κ2) is 8.81. The van der Waals surface area contributed by atoms with Gasteiger partial charge in [-0.05, 0) is 29.3 Å². The van der Waals surface area contributed by atoms with Gasteiger partial charge in [-0.3, -0.25) is 0 Å². The molecule has 0 saturated carbocycles. The van der Waals surface area contributed by atoms with E-state index < -0.39 is 0 Å². The molecule has 3 aromatic heterocycles. The molecule has 5 rings (SSSR count). The monoisotopic (exact) mass is 419 g/mol. The number of aromatic nitrogens is 4. The molecule has 0 radical (unpaired) electrons. The number of fused-ring (bicyclic) bond motifs is 1. The molecule has 0 fully saturated rings. The first-order valence-electron chi connectivity index (χ1n) is 10.3. The fraction of sp³-hybridized carbons (Fsp3) is 0.0769. The van der Waals surface area contributed by atoms with E-state index in [1.807, 2.05) is 72.8 Å². The fourth-order valence-corrected chi connectivity index (χ4v) is 3.52. The van der Waals surface area contributed by atoms with E-state index in [4.69, 9.17) is 15.5 Å². The molecule has 0 bridgehead atoms. The highest BCUT2D eigenvalue weighted by Crippen LogP contribution is 2.24. The van der Waals surface area contributed by atoms with Gasteiger partial charge in [-0.2, -0.15) is 0 Å². The fourth-order valence-electron chi connectivity index (χ4n) is 3.52. The summed E-state index contributed by atoms with van der Waals surface area (Å²) >= 11 is 0. The van der Waals surface area contributed by atoms with Crippen molar-refractivity contribution in [3.63, 3.8) is 0 Å². The zero-order valence-corrected chi connectivity index (χ0v) is 17.3. The van der Waals surface area contributed by atoms with E-state index in [2.05, 4.69) is 27.1 Å². The van der Waals surface area contributed by atoms with Crippen LogP contribution in [0.3, 0.4) is 0 Å². The molecule has 0 amide bonds. The van der Waals surface area contributed by atoms with Gasteiger partial charge in [0.25, 0.3) is 0 Å². The average molecular weight is 419 g/mol. The van der Waals surface area contributed by atoms with Crippen molar-refractivity contribution in [1.29, 1.82) is 0 Å². The minimum absolute atomic E-state index is 0.250. The molecule has 32 heavy (non-hydrogen) atoms. The number of anilines is 1. The van der Waals surface area contributed by atoms with Gasteiger partial charge in [-0.15, -0.1) is 0 Å². The van der Waals surface area contributed by atoms with Crippen LogP contribution in [-0.4, -0.2) is 19.9 Å². The van der Waals surface area contributed by atoms with Crippen LogP contribution in [0.1, 0.15) is 16.8 Å². The summed E-state index contributed by atoms with van der Waals surface area (Å²) in [7, 11) is 0. The normalized spacial score (nSPS) is 10.9. The number of nitrogens with two attached hydrogens (primary N) is 1. The molecule has 3 heterocycles. The summed E-state index contributed by atoms with van der Waals surface area (Å²) in [5.74, 6) is 0.818. The van der Waals surface area contributed by atoms with Crippen molar-refractivity contribution in [1.82, 2.24) is 19.9 Å². The lowest BCUT2D eigenvalue weighted by molar-refractivity contribution is 0.294. The quantitative estimate of drug-likeness (QED) is 0.424. The lowest BCUT2D eigenvalue weighted by Gasteiger charge is -2.09. The Labute approximate surface area is 185 Å². The van der Waals surface area contributed by atoms with E-state index in [1.54, 1.807) is 6.20 Å². The zero-order valence-electron chi connectivity index (χ0n) is 17.3. The molecule has 0 aliphatic carbocycles. The second-order valence-corrected chi connectivity index (χ2v) is 7.41. The molecular weight excluding hydrogens is 398 g/mol. The highest BCUT2D eigenvalue weighted by atomic mass is 16.5. The zero-order chi connectivity index (χ0) is 21.8. The van der Waals surface area contributed by atoms with Crippen molar-refractivity contribution in [3.05, 3.63) is 108 Å². The number of rotatable bonds is 6. The molecule has 6 heteroatoms. The van der Waals surface area contributed by atoms with Gasteiger partial charge in [0.2, 0.25) is 11.8 Å². The maximum Gasteiger partial charge on any atom is 0.220 e. The molecule has 2 N–H and O–H groups in total. The van der Waals surface area contributed by atoms with Crippen LogP contribution >= 0.6 is 0 Å². The Balaban J connectivity index is 1.41. The standard InChI is InChI=1S/C26H21N5O/c27-26-30-22-13-12-21(29-25(22)23(31-26)15-18-7-3-1-4-8-18)20-11-14-24(28-16-20)32-17-19-9-5-2-6-10-19/h1-14,16H,15,17H2,(H2,27,30,31). The Kier molecular flexibility index (Phi) is 5.41. The van der Waals surface area contributed by atoms with Gasteiger partial charge < -0.3 is 10.5 Å². The lowest BCUT2D eigenvalue weighted by atomic mass is 10.1. The van der Waals surface area contributed by atoms with E-state index in [-0.39, 0.29) is 5.95 Å². The molecule has 0 saturated heterocycles. The Morgan fingerprint density at radius 1 is 0.719 bits per heavy atom. The third-order valence-corrected chi connectivity index (χ3v) is 5.11. The van der Waals surface area contributed by atoms with Gasteiger partial charge in [0.15, 0.2) is 0 Å². The largest absolute Gasteiger partial charge is 0.473 e. The molecule has 0 aliphatic rings. The lowest BCUT2D eigenvalue weighted by Crippen LogP contribution is -2.03.